The first kappa shape index (κ1) is 16.8. The summed E-state index contributed by atoms with van der Waals surface area (Å²) in [6, 6.07) is 9.14. The fourth-order valence-electron chi connectivity index (χ4n) is 4.26. The average Bonchev–Trinajstić information content (AvgIpc) is 3.36. The third kappa shape index (κ3) is 3.00. The number of rotatable bonds is 3. The molecule has 4 heterocycles. The second-order valence-corrected chi connectivity index (χ2v) is 8.75. The quantitative estimate of drug-likeness (QED) is 0.700. The number of piperazine rings is 1. The van der Waals surface area contributed by atoms with Crippen LogP contribution in [0.15, 0.2) is 30.5 Å². The van der Waals surface area contributed by atoms with Crippen LogP contribution in [0.1, 0.15) is 17.1 Å². The van der Waals surface area contributed by atoms with E-state index in [0.29, 0.717) is 18.5 Å². The minimum Gasteiger partial charge on any atom is -0.336 e. The van der Waals surface area contributed by atoms with E-state index in [2.05, 4.69) is 44.2 Å². The van der Waals surface area contributed by atoms with Gasteiger partial charge in [0, 0.05) is 42.3 Å². The molecule has 2 aliphatic rings. The number of benzene rings is 1. The first-order valence-electron chi connectivity index (χ1n) is 9.26. The van der Waals surface area contributed by atoms with Gasteiger partial charge >= 0.3 is 0 Å². The molecule has 0 N–H and O–H groups in total. The lowest BCUT2D eigenvalue weighted by molar-refractivity contribution is -0.132. The van der Waals surface area contributed by atoms with Gasteiger partial charge in [-0.15, -0.1) is 10.2 Å². The Kier molecular flexibility index (Phi) is 3.94. The minimum atomic E-state index is 0.193. The second kappa shape index (κ2) is 6.35. The minimum absolute atomic E-state index is 0.193. The van der Waals surface area contributed by atoms with E-state index >= 15 is 0 Å². The Hall–Kier alpha value is -2.38. The first-order valence-corrected chi connectivity index (χ1v) is 10.1. The summed E-state index contributed by atoms with van der Waals surface area (Å²) < 4.78 is 0. The van der Waals surface area contributed by atoms with Gasteiger partial charge in [-0.3, -0.25) is 14.7 Å². The summed E-state index contributed by atoms with van der Waals surface area (Å²) in [5.41, 5.74) is 1.88. The molecule has 7 heteroatoms. The van der Waals surface area contributed by atoms with Gasteiger partial charge in [-0.1, -0.05) is 23.5 Å². The molecule has 2 atom stereocenters. The van der Waals surface area contributed by atoms with Crippen molar-refractivity contribution in [2.75, 3.05) is 20.1 Å². The normalized spacial score (nSPS) is 22.1. The van der Waals surface area contributed by atoms with E-state index in [0.717, 1.165) is 51.6 Å². The molecule has 0 radical (unpaired) electrons. The molecule has 2 aliphatic heterocycles. The average molecular weight is 379 g/mol. The summed E-state index contributed by atoms with van der Waals surface area (Å²) >= 11 is 1.59. The number of carbonyl (C=O) groups is 1. The van der Waals surface area contributed by atoms with E-state index in [9.17, 15) is 4.79 Å². The SMILES string of the molecule is Cc1nnc(-c2ccc3cnc(CC(=O)N4C[C@@H]5C[C@H]4CN5C)cc3c2)s1. The maximum atomic E-state index is 12.8. The molecule has 2 fully saturated rings. The highest BCUT2D eigenvalue weighted by Gasteiger charge is 2.43. The highest BCUT2D eigenvalue weighted by Crippen LogP contribution is 2.30. The maximum absolute atomic E-state index is 12.8. The summed E-state index contributed by atoms with van der Waals surface area (Å²) in [7, 11) is 2.15. The first-order chi connectivity index (χ1) is 13.1. The van der Waals surface area contributed by atoms with Crippen LogP contribution < -0.4 is 0 Å². The molecule has 3 aromatic rings. The number of aromatic nitrogens is 3. The van der Waals surface area contributed by atoms with Crippen molar-refractivity contribution in [3.8, 4) is 10.6 Å². The van der Waals surface area contributed by atoms with Gasteiger partial charge in [0.15, 0.2) is 0 Å². The lowest BCUT2D eigenvalue weighted by Gasteiger charge is -2.32. The zero-order valence-corrected chi connectivity index (χ0v) is 16.2. The Morgan fingerprint density at radius 3 is 2.78 bits per heavy atom. The molecule has 138 valence electrons. The summed E-state index contributed by atoms with van der Waals surface area (Å²) in [6.07, 6.45) is 3.33. The van der Waals surface area contributed by atoms with Crippen LogP contribution in [0.25, 0.3) is 21.3 Å². The Balaban J connectivity index is 1.38. The molecule has 6 nitrogen and oxygen atoms in total. The van der Waals surface area contributed by atoms with Crippen LogP contribution in [0.2, 0.25) is 0 Å². The van der Waals surface area contributed by atoms with E-state index < -0.39 is 0 Å². The predicted molar refractivity (Wildman–Crippen MR) is 106 cm³/mol. The number of pyridine rings is 1. The fourth-order valence-corrected chi connectivity index (χ4v) is 4.95. The van der Waals surface area contributed by atoms with Crippen LogP contribution in [-0.4, -0.2) is 63.1 Å². The predicted octanol–water partition coefficient (Wildman–Crippen LogP) is 2.52. The highest BCUT2D eigenvalue weighted by atomic mass is 32.1. The number of nitrogens with zero attached hydrogens (tertiary/aromatic N) is 5. The Labute approximate surface area is 161 Å². The van der Waals surface area contributed by atoms with Gasteiger partial charge in [-0.25, -0.2) is 0 Å². The van der Waals surface area contributed by atoms with Crippen molar-refractivity contribution in [1.29, 1.82) is 0 Å². The molecule has 2 bridgehead atoms. The molecule has 2 saturated heterocycles. The van der Waals surface area contributed by atoms with Crippen LogP contribution in [0.3, 0.4) is 0 Å². The fraction of sp³-hybridized carbons (Fsp3) is 0.400. The van der Waals surface area contributed by atoms with E-state index in [-0.39, 0.29) is 5.91 Å². The van der Waals surface area contributed by atoms with Crippen LogP contribution in [0, 0.1) is 6.92 Å². The van der Waals surface area contributed by atoms with Crippen LogP contribution in [0.4, 0.5) is 0 Å². The molecule has 5 rings (SSSR count). The van der Waals surface area contributed by atoms with Gasteiger partial charge in [0.1, 0.15) is 10.0 Å². The van der Waals surface area contributed by atoms with Gasteiger partial charge in [0.05, 0.1) is 12.1 Å². The monoisotopic (exact) mass is 379 g/mol. The highest BCUT2D eigenvalue weighted by molar-refractivity contribution is 7.14. The number of carbonyl (C=O) groups excluding carboxylic acids is 1. The van der Waals surface area contributed by atoms with E-state index in [4.69, 9.17) is 0 Å². The molecule has 0 aliphatic carbocycles. The molecule has 27 heavy (non-hydrogen) atoms. The van der Waals surface area contributed by atoms with Gasteiger partial charge in [0.25, 0.3) is 0 Å². The van der Waals surface area contributed by atoms with Crippen LogP contribution >= 0.6 is 11.3 Å². The summed E-state index contributed by atoms with van der Waals surface area (Å²) in [5.74, 6) is 0.193. The Morgan fingerprint density at radius 1 is 1.19 bits per heavy atom. The zero-order chi connectivity index (χ0) is 18.5. The number of aryl methyl sites for hydroxylation is 1. The number of fused-ring (bicyclic) bond motifs is 3. The van der Waals surface area contributed by atoms with Crippen LogP contribution in [0.5, 0.6) is 0 Å². The second-order valence-electron chi connectivity index (χ2n) is 7.57. The molecular weight excluding hydrogens is 358 g/mol. The lowest BCUT2D eigenvalue weighted by atomic mass is 10.1. The third-order valence-electron chi connectivity index (χ3n) is 5.72. The van der Waals surface area contributed by atoms with Crippen molar-refractivity contribution in [3.05, 3.63) is 41.2 Å². The van der Waals surface area contributed by atoms with E-state index in [1.165, 1.54) is 0 Å². The molecule has 0 unspecified atom stereocenters. The van der Waals surface area contributed by atoms with Gasteiger partial charge < -0.3 is 4.90 Å². The van der Waals surface area contributed by atoms with Crippen molar-refractivity contribution >= 4 is 28.0 Å². The number of hydrogen-bond donors (Lipinski definition) is 0. The van der Waals surface area contributed by atoms with Crippen molar-refractivity contribution < 1.29 is 4.79 Å². The lowest BCUT2D eigenvalue weighted by Crippen LogP contribution is -2.47. The van der Waals surface area contributed by atoms with E-state index in [1.807, 2.05) is 25.3 Å². The summed E-state index contributed by atoms with van der Waals surface area (Å²) in [6.45, 7) is 3.80. The third-order valence-corrected chi connectivity index (χ3v) is 6.61. The molecule has 0 saturated carbocycles. The number of likely N-dealkylation sites (N-methyl/N-ethyl adjacent to an activating group) is 1. The van der Waals surface area contributed by atoms with Crippen molar-refractivity contribution in [2.24, 2.45) is 0 Å². The smallest absolute Gasteiger partial charge is 0.228 e. The van der Waals surface area contributed by atoms with Gasteiger partial charge in [-0.2, -0.15) is 0 Å². The van der Waals surface area contributed by atoms with Gasteiger partial charge in [0.2, 0.25) is 5.91 Å². The number of hydrogen-bond acceptors (Lipinski definition) is 6. The molecule has 1 amide bonds. The van der Waals surface area contributed by atoms with E-state index in [1.54, 1.807) is 11.3 Å². The number of amides is 1. The molecular formula is C20H21N5OS. The molecule has 1 aromatic carbocycles. The standard InChI is InChI=1S/C20H21N5OS/c1-12-22-23-20(27-12)13-3-4-14-9-21-16(6-15(14)5-13)7-19(26)25-11-17-8-18(25)10-24(17)2/h3-6,9,17-18H,7-8,10-11H2,1-2H3/t17-,18-/m0/s1. The zero-order valence-electron chi connectivity index (χ0n) is 15.4. The van der Waals surface area contributed by atoms with Crippen molar-refractivity contribution in [3.63, 3.8) is 0 Å². The van der Waals surface area contributed by atoms with Crippen molar-refractivity contribution in [1.82, 2.24) is 25.0 Å². The van der Waals surface area contributed by atoms with Gasteiger partial charge in [-0.05, 0) is 37.9 Å². The maximum Gasteiger partial charge on any atom is 0.228 e. The Bertz CT molecular complexity index is 1030. The number of likely N-dealkylation sites (tertiary alicyclic amines) is 2. The van der Waals surface area contributed by atoms with Crippen molar-refractivity contribution in [2.45, 2.75) is 31.8 Å². The largest absolute Gasteiger partial charge is 0.336 e. The Morgan fingerprint density at radius 2 is 2.07 bits per heavy atom. The molecule has 2 aromatic heterocycles. The topological polar surface area (TPSA) is 62.2 Å². The molecule has 0 spiro atoms. The van der Waals surface area contributed by atoms with Crippen LogP contribution in [-0.2, 0) is 11.2 Å². The summed E-state index contributed by atoms with van der Waals surface area (Å²) in [5, 5.41) is 12.4. The summed E-state index contributed by atoms with van der Waals surface area (Å²) in [4.78, 5) is 21.7.